The SMILES string of the molecule is COC(=O)c1ccccc1NC(=O)CC(=O)Nc1ccc(OC)c(Cl)c1. The Morgan fingerprint density at radius 3 is 2.35 bits per heavy atom. The quantitative estimate of drug-likeness (QED) is 0.596. The average Bonchev–Trinajstić information content (AvgIpc) is 2.61. The lowest BCUT2D eigenvalue weighted by Crippen LogP contribution is -2.22. The van der Waals surface area contributed by atoms with Crippen molar-refractivity contribution in [1.82, 2.24) is 0 Å². The van der Waals surface area contributed by atoms with Gasteiger partial charge in [0.2, 0.25) is 11.8 Å². The Kier molecular flexibility index (Phi) is 6.57. The summed E-state index contributed by atoms with van der Waals surface area (Å²) in [7, 11) is 2.73. The zero-order valence-corrected chi connectivity index (χ0v) is 14.9. The number of benzene rings is 2. The molecule has 2 aromatic rings. The minimum Gasteiger partial charge on any atom is -0.495 e. The number of hydrogen-bond acceptors (Lipinski definition) is 5. The van der Waals surface area contributed by atoms with Crippen LogP contribution in [-0.4, -0.2) is 32.0 Å². The van der Waals surface area contributed by atoms with Crippen LogP contribution in [0.25, 0.3) is 0 Å². The zero-order chi connectivity index (χ0) is 19.1. The molecule has 0 saturated heterocycles. The number of esters is 1. The van der Waals surface area contributed by atoms with Crippen molar-refractivity contribution in [3.05, 3.63) is 53.1 Å². The Labute approximate surface area is 155 Å². The normalized spacial score (nSPS) is 9.96. The van der Waals surface area contributed by atoms with Gasteiger partial charge < -0.3 is 20.1 Å². The van der Waals surface area contributed by atoms with Crippen LogP contribution in [0.5, 0.6) is 5.75 Å². The van der Waals surface area contributed by atoms with E-state index in [0.717, 1.165) is 0 Å². The van der Waals surface area contributed by atoms with Crippen molar-refractivity contribution < 1.29 is 23.9 Å². The van der Waals surface area contributed by atoms with Crippen LogP contribution in [0.1, 0.15) is 16.8 Å². The molecule has 2 amide bonds. The van der Waals surface area contributed by atoms with Gasteiger partial charge in [0.25, 0.3) is 0 Å². The third-order valence-electron chi connectivity index (χ3n) is 3.36. The molecule has 0 aliphatic rings. The van der Waals surface area contributed by atoms with Gasteiger partial charge in [-0.15, -0.1) is 0 Å². The van der Waals surface area contributed by atoms with E-state index in [9.17, 15) is 14.4 Å². The summed E-state index contributed by atoms with van der Waals surface area (Å²) in [6.45, 7) is 0. The second kappa shape index (κ2) is 8.87. The number of nitrogens with one attached hydrogen (secondary N) is 2. The average molecular weight is 377 g/mol. The molecule has 0 spiro atoms. The van der Waals surface area contributed by atoms with Crippen LogP contribution in [-0.2, 0) is 14.3 Å². The molecule has 0 saturated carbocycles. The molecule has 0 unspecified atom stereocenters. The fraction of sp³-hybridized carbons (Fsp3) is 0.167. The summed E-state index contributed by atoms with van der Waals surface area (Å²) in [5, 5.41) is 5.43. The standard InChI is InChI=1S/C18H17ClN2O5/c1-25-15-8-7-11(9-13(15)19)20-16(22)10-17(23)21-14-6-4-3-5-12(14)18(24)26-2/h3-9H,10H2,1-2H3,(H,20,22)(H,21,23). The lowest BCUT2D eigenvalue weighted by molar-refractivity contribution is -0.123. The Morgan fingerprint density at radius 1 is 1.00 bits per heavy atom. The van der Waals surface area contributed by atoms with Crippen LogP contribution in [0.15, 0.2) is 42.5 Å². The van der Waals surface area contributed by atoms with E-state index in [4.69, 9.17) is 16.3 Å². The van der Waals surface area contributed by atoms with Gasteiger partial charge in [-0.3, -0.25) is 9.59 Å². The first-order valence-electron chi connectivity index (χ1n) is 7.55. The molecule has 0 radical (unpaired) electrons. The van der Waals surface area contributed by atoms with Gasteiger partial charge in [0.15, 0.2) is 0 Å². The van der Waals surface area contributed by atoms with E-state index < -0.39 is 24.2 Å². The minimum absolute atomic E-state index is 0.200. The second-order valence-corrected chi connectivity index (χ2v) is 5.57. The second-order valence-electron chi connectivity index (χ2n) is 5.16. The van der Waals surface area contributed by atoms with Crippen molar-refractivity contribution in [2.45, 2.75) is 6.42 Å². The molecule has 0 atom stereocenters. The lowest BCUT2D eigenvalue weighted by Gasteiger charge is -2.10. The van der Waals surface area contributed by atoms with Crippen molar-refractivity contribution in [3.8, 4) is 5.75 Å². The number of halogens is 1. The van der Waals surface area contributed by atoms with Crippen LogP contribution >= 0.6 is 11.6 Å². The van der Waals surface area contributed by atoms with Gasteiger partial charge in [0, 0.05) is 5.69 Å². The van der Waals surface area contributed by atoms with Crippen LogP contribution < -0.4 is 15.4 Å². The third kappa shape index (κ3) is 4.97. The maximum absolute atomic E-state index is 12.1. The van der Waals surface area contributed by atoms with Gasteiger partial charge in [-0.2, -0.15) is 0 Å². The molecule has 0 aliphatic heterocycles. The predicted octanol–water partition coefficient (Wildman–Crippen LogP) is 3.10. The Morgan fingerprint density at radius 2 is 1.69 bits per heavy atom. The number of anilines is 2. The molecule has 0 heterocycles. The first-order chi connectivity index (χ1) is 12.4. The maximum atomic E-state index is 12.1. The van der Waals surface area contributed by atoms with Crippen LogP contribution in [0.3, 0.4) is 0 Å². The van der Waals surface area contributed by atoms with Crippen molar-refractivity contribution >= 4 is 40.8 Å². The minimum atomic E-state index is -0.585. The van der Waals surface area contributed by atoms with Crippen LogP contribution in [0.4, 0.5) is 11.4 Å². The van der Waals surface area contributed by atoms with Gasteiger partial charge in [-0.05, 0) is 30.3 Å². The monoisotopic (exact) mass is 376 g/mol. The largest absolute Gasteiger partial charge is 0.495 e. The van der Waals surface area contributed by atoms with Gasteiger partial charge in [-0.1, -0.05) is 23.7 Å². The van der Waals surface area contributed by atoms with Gasteiger partial charge >= 0.3 is 5.97 Å². The van der Waals surface area contributed by atoms with Crippen LogP contribution in [0, 0.1) is 0 Å². The number of methoxy groups -OCH3 is 2. The highest BCUT2D eigenvalue weighted by molar-refractivity contribution is 6.32. The van der Waals surface area contributed by atoms with Crippen molar-refractivity contribution in [1.29, 1.82) is 0 Å². The molecule has 0 aromatic heterocycles. The number of para-hydroxylation sites is 1. The molecule has 8 heteroatoms. The molecule has 0 aliphatic carbocycles. The number of carbonyl (C=O) groups is 3. The van der Waals surface area contributed by atoms with E-state index in [1.54, 1.807) is 30.3 Å². The first kappa shape index (κ1) is 19.3. The molecule has 26 heavy (non-hydrogen) atoms. The summed E-state index contributed by atoms with van der Waals surface area (Å²) >= 11 is 5.99. The number of amides is 2. The molecule has 0 fully saturated rings. The summed E-state index contributed by atoms with van der Waals surface area (Å²) in [6.07, 6.45) is -0.431. The maximum Gasteiger partial charge on any atom is 0.339 e. The van der Waals surface area contributed by atoms with E-state index in [0.29, 0.717) is 16.5 Å². The Hall–Kier alpha value is -3.06. The molecule has 7 nitrogen and oxygen atoms in total. The predicted molar refractivity (Wildman–Crippen MR) is 97.7 cm³/mol. The molecule has 2 N–H and O–H groups in total. The highest BCUT2D eigenvalue weighted by atomic mass is 35.5. The molecule has 2 rings (SSSR count). The van der Waals surface area contributed by atoms with Gasteiger partial charge in [0.05, 0.1) is 30.5 Å². The Bertz CT molecular complexity index is 838. The van der Waals surface area contributed by atoms with Crippen molar-refractivity contribution in [3.63, 3.8) is 0 Å². The molecule has 0 bridgehead atoms. The molecular weight excluding hydrogens is 360 g/mol. The third-order valence-corrected chi connectivity index (χ3v) is 3.66. The van der Waals surface area contributed by atoms with Crippen molar-refractivity contribution in [2.75, 3.05) is 24.9 Å². The van der Waals surface area contributed by atoms with E-state index in [1.165, 1.54) is 26.4 Å². The van der Waals surface area contributed by atoms with E-state index in [-0.39, 0.29) is 11.3 Å². The van der Waals surface area contributed by atoms with Gasteiger partial charge in [0.1, 0.15) is 12.2 Å². The highest BCUT2D eigenvalue weighted by Crippen LogP contribution is 2.27. The van der Waals surface area contributed by atoms with Crippen molar-refractivity contribution in [2.24, 2.45) is 0 Å². The highest BCUT2D eigenvalue weighted by Gasteiger charge is 2.15. The molecule has 136 valence electrons. The van der Waals surface area contributed by atoms with Crippen LogP contribution in [0.2, 0.25) is 5.02 Å². The first-order valence-corrected chi connectivity index (χ1v) is 7.93. The molecular formula is C18H17ClN2O5. The summed E-state index contributed by atoms with van der Waals surface area (Å²) in [6, 6.07) is 11.1. The number of ether oxygens (including phenoxy) is 2. The number of carbonyl (C=O) groups excluding carboxylic acids is 3. The fourth-order valence-corrected chi connectivity index (χ4v) is 2.43. The number of rotatable bonds is 6. The summed E-state index contributed by atoms with van der Waals surface area (Å²) < 4.78 is 9.69. The summed E-state index contributed by atoms with van der Waals surface area (Å²) in [5.41, 5.74) is 0.902. The van der Waals surface area contributed by atoms with E-state index >= 15 is 0 Å². The summed E-state index contributed by atoms with van der Waals surface area (Å²) in [5.74, 6) is -1.21. The Balaban J connectivity index is 1.99. The fourth-order valence-electron chi connectivity index (χ4n) is 2.17. The topological polar surface area (TPSA) is 93.7 Å². The molecule has 2 aromatic carbocycles. The lowest BCUT2D eigenvalue weighted by atomic mass is 10.1. The van der Waals surface area contributed by atoms with Gasteiger partial charge in [-0.25, -0.2) is 4.79 Å². The summed E-state index contributed by atoms with van der Waals surface area (Å²) in [4.78, 5) is 35.8. The smallest absolute Gasteiger partial charge is 0.339 e. The van der Waals surface area contributed by atoms with E-state index in [1.807, 2.05) is 0 Å². The zero-order valence-electron chi connectivity index (χ0n) is 14.2. The van der Waals surface area contributed by atoms with E-state index in [2.05, 4.69) is 15.4 Å². The number of hydrogen-bond donors (Lipinski definition) is 2.